The van der Waals surface area contributed by atoms with Crippen molar-refractivity contribution in [2.45, 2.75) is 270 Å². The highest BCUT2D eigenvalue weighted by Crippen LogP contribution is 2.16. The van der Waals surface area contributed by atoms with Gasteiger partial charge >= 0.3 is 11.9 Å². The van der Waals surface area contributed by atoms with Crippen molar-refractivity contribution in [1.82, 2.24) is 0 Å². The van der Waals surface area contributed by atoms with Gasteiger partial charge in [0.1, 0.15) is 12.6 Å². The van der Waals surface area contributed by atoms with Crippen LogP contribution in [0.5, 0.6) is 0 Å². The quantitative estimate of drug-likeness (QED) is 0.0260. The fraction of sp³-hybridized carbons (Fsp3) is 0.906. The normalized spacial score (nSPS) is 12.9. The number of hydrogen-bond acceptors (Lipinski definition) is 7. The number of quaternary nitrogens is 1. The lowest BCUT2D eigenvalue weighted by molar-refractivity contribution is -0.889. The highest BCUT2D eigenvalue weighted by atomic mass is 16.6. The zero-order valence-corrected chi connectivity index (χ0v) is 41.1. The Morgan fingerprint density at radius 2 is 0.820 bits per heavy atom. The number of carboxylic acid groups (broad SMARTS) is 1. The van der Waals surface area contributed by atoms with Crippen LogP contribution in [0, 0.1) is 0 Å². The summed E-state index contributed by atoms with van der Waals surface area (Å²) in [5.74, 6) is -1.72. The van der Waals surface area contributed by atoms with Gasteiger partial charge in [-0.3, -0.25) is 9.59 Å². The zero-order valence-electron chi connectivity index (χ0n) is 41.1. The van der Waals surface area contributed by atoms with Crippen LogP contribution in [0.1, 0.15) is 258 Å². The van der Waals surface area contributed by atoms with Crippen LogP contribution in [-0.2, 0) is 28.6 Å². The lowest BCUT2D eigenvalue weighted by Gasteiger charge is -2.34. The monoisotopic (exact) mass is 864 g/mol. The smallest absolute Gasteiger partial charge is 0.306 e. The summed E-state index contributed by atoms with van der Waals surface area (Å²) in [5.41, 5.74) is 0. The van der Waals surface area contributed by atoms with Crippen LogP contribution in [0.4, 0.5) is 0 Å². The third-order valence-corrected chi connectivity index (χ3v) is 12.2. The third-order valence-electron chi connectivity index (χ3n) is 12.2. The molecule has 0 amide bonds. The lowest BCUT2D eigenvalue weighted by Crippen LogP contribution is -2.55. The Morgan fingerprint density at radius 3 is 1.18 bits per heavy atom. The third kappa shape index (κ3) is 43.1. The number of esters is 2. The molecule has 0 aliphatic carbocycles. The van der Waals surface area contributed by atoms with Gasteiger partial charge in [-0.25, -0.2) is 0 Å². The summed E-state index contributed by atoms with van der Waals surface area (Å²) in [5, 5.41) is 11.7. The second-order valence-corrected chi connectivity index (χ2v) is 19.1. The second kappa shape index (κ2) is 44.7. The number of ether oxygens (including phenoxy) is 3. The molecule has 8 heteroatoms. The van der Waals surface area contributed by atoms with Gasteiger partial charge in [-0.05, 0) is 38.5 Å². The molecule has 0 saturated heterocycles. The van der Waals surface area contributed by atoms with Gasteiger partial charge in [0.2, 0.25) is 0 Å². The lowest BCUT2D eigenvalue weighted by atomic mass is 10.0. The summed E-state index contributed by atoms with van der Waals surface area (Å²) < 4.78 is 17.3. The van der Waals surface area contributed by atoms with Crippen molar-refractivity contribution < 1.29 is 38.2 Å². The van der Waals surface area contributed by atoms with Gasteiger partial charge in [0, 0.05) is 19.3 Å². The first kappa shape index (κ1) is 59.1. The molecule has 0 N–H and O–H groups in total. The van der Waals surface area contributed by atoms with Gasteiger partial charge in [0.05, 0.1) is 40.3 Å². The van der Waals surface area contributed by atoms with Crippen molar-refractivity contribution in [2.24, 2.45) is 0 Å². The highest BCUT2D eigenvalue weighted by molar-refractivity contribution is 5.70. The van der Waals surface area contributed by atoms with Gasteiger partial charge in [0.25, 0.3) is 0 Å². The summed E-state index contributed by atoms with van der Waals surface area (Å²) >= 11 is 0. The molecule has 0 heterocycles. The van der Waals surface area contributed by atoms with E-state index < -0.39 is 18.1 Å². The minimum Gasteiger partial charge on any atom is -0.544 e. The molecular formula is C53H101NO7. The van der Waals surface area contributed by atoms with Crippen molar-refractivity contribution in [3.8, 4) is 0 Å². The van der Waals surface area contributed by atoms with Gasteiger partial charge in [-0.1, -0.05) is 212 Å². The Hall–Kier alpha value is -1.93. The van der Waals surface area contributed by atoms with E-state index in [1.165, 1.54) is 186 Å². The van der Waals surface area contributed by atoms with Gasteiger partial charge in [-0.15, -0.1) is 0 Å². The topological polar surface area (TPSA) is 102 Å². The van der Waals surface area contributed by atoms with Gasteiger partial charge in [-0.2, -0.15) is 0 Å². The SMILES string of the molecule is CCCCCCCCCC/C=C\CCCCCCCCCCCC(=O)OC(COCCC(C(=O)[O-])[N+](C)(C)C)COC(=O)CCCCCCCCCCCCCCCCCC. The van der Waals surface area contributed by atoms with Crippen LogP contribution in [0.2, 0.25) is 0 Å². The van der Waals surface area contributed by atoms with Crippen LogP contribution in [-0.4, -0.2) is 75.5 Å². The molecule has 0 aromatic carbocycles. The first-order valence-corrected chi connectivity index (χ1v) is 26.2. The molecule has 0 aromatic rings. The van der Waals surface area contributed by atoms with E-state index in [4.69, 9.17) is 14.2 Å². The standard InChI is InChI=1S/C53H101NO7/c1-6-8-10-12-14-16-18-20-22-24-25-26-27-28-30-32-34-36-38-40-42-44-52(56)61-49(47-59-46-45-50(53(57)58)54(3,4)5)48-60-51(55)43-41-39-37-35-33-31-29-23-21-19-17-15-13-11-9-7-2/h24-25,49-50H,6-23,26-48H2,1-5H3/b25-24-. The van der Waals surface area contributed by atoms with E-state index in [-0.39, 0.29) is 42.7 Å². The van der Waals surface area contributed by atoms with Crippen LogP contribution in [0.25, 0.3) is 0 Å². The van der Waals surface area contributed by atoms with E-state index in [1.807, 2.05) is 21.1 Å². The largest absolute Gasteiger partial charge is 0.544 e. The Bertz CT molecular complexity index is 1010. The summed E-state index contributed by atoms with van der Waals surface area (Å²) in [7, 11) is 5.43. The average molecular weight is 864 g/mol. The molecule has 8 nitrogen and oxygen atoms in total. The zero-order chi connectivity index (χ0) is 44.9. The van der Waals surface area contributed by atoms with Crippen LogP contribution in [0.15, 0.2) is 12.2 Å². The number of hydrogen-bond donors (Lipinski definition) is 0. The maximum absolute atomic E-state index is 12.8. The molecule has 0 bridgehead atoms. The number of rotatable bonds is 48. The Kier molecular flexibility index (Phi) is 43.3. The van der Waals surface area contributed by atoms with Gasteiger partial charge in [0.15, 0.2) is 6.10 Å². The van der Waals surface area contributed by atoms with E-state index in [2.05, 4.69) is 26.0 Å². The van der Waals surface area contributed by atoms with Gasteiger partial charge < -0.3 is 28.6 Å². The molecule has 360 valence electrons. The summed E-state index contributed by atoms with van der Waals surface area (Å²) in [6.07, 6.45) is 49.5. The van der Waals surface area contributed by atoms with Crippen molar-refractivity contribution in [3.05, 3.63) is 12.2 Å². The van der Waals surface area contributed by atoms with Crippen molar-refractivity contribution >= 4 is 17.9 Å². The predicted octanol–water partition coefficient (Wildman–Crippen LogP) is 13.7. The van der Waals surface area contributed by atoms with E-state index in [0.717, 1.165) is 38.5 Å². The summed E-state index contributed by atoms with van der Waals surface area (Å²) in [6.45, 7) is 4.71. The molecule has 0 spiro atoms. The number of carbonyl (C=O) groups is 3. The summed E-state index contributed by atoms with van der Waals surface area (Å²) in [4.78, 5) is 37.0. The van der Waals surface area contributed by atoms with Crippen LogP contribution < -0.4 is 5.11 Å². The van der Waals surface area contributed by atoms with Crippen LogP contribution in [0.3, 0.4) is 0 Å². The first-order chi connectivity index (χ1) is 29.6. The van der Waals surface area contributed by atoms with E-state index in [9.17, 15) is 19.5 Å². The average Bonchev–Trinajstić information content (AvgIpc) is 3.22. The summed E-state index contributed by atoms with van der Waals surface area (Å²) in [6, 6.07) is -0.722. The van der Waals surface area contributed by atoms with Crippen molar-refractivity contribution in [3.63, 3.8) is 0 Å². The minimum absolute atomic E-state index is 0.0462. The molecule has 61 heavy (non-hydrogen) atoms. The second-order valence-electron chi connectivity index (χ2n) is 19.1. The molecule has 2 unspecified atom stereocenters. The molecule has 0 aliphatic heterocycles. The van der Waals surface area contributed by atoms with Crippen LogP contribution >= 0.6 is 0 Å². The Morgan fingerprint density at radius 1 is 0.475 bits per heavy atom. The minimum atomic E-state index is -1.12. The number of allylic oxidation sites excluding steroid dienone is 2. The Balaban J connectivity index is 4.20. The fourth-order valence-corrected chi connectivity index (χ4v) is 8.07. The molecule has 0 saturated carbocycles. The number of carboxylic acids is 1. The predicted molar refractivity (Wildman–Crippen MR) is 254 cm³/mol. The number of aliphatic carboxylic acids is 1. The molecule has 0 rings (SSSR count). The number of likely N-dealkylation sites (N-methyl/N-ethyl adjacent to an activating group) is 1. The number of carbonyl (C=O) groups excluding carboxylic acids is 3. The molecular weight excluding hydrogens is 763 g/mol. The molecule has 0 aliphatic rings. The molecule has 0 fully saturated rings. The Labute approximate surface area is 378 Å². The maximum Gasteiger partial charge on any atom is 0.306 e. The van der Waals surface area contributed by atoms with E-state index in [0.29, 0.717) is 12.8 Å². The van der Waals surface area contributed by atoms with Crippen molar-refractivity contribution in [1.29, 1.82) is 0 Å². The first-order valence-electron chi connectivity index (χ1n) is 26.2. The van der Waals surface area contributed by atoms with E-state index in [1.54, 1.807) is 0 Å². The maximum atomic E-state index is 12.8. The van der Waals surface area contributed by atoms with E-state index >= 15 is 0 Å². The number of unbranched alkanes of at least 4 members (excludes halogenated alkanes) is 32. The van der Waals surface area contributed by atoms with Crippen molar-refractivity contribution in [2.75, 3.05) is 41.0 Å². The molecule has 0 aromatic heterocycles. The number of nitrogens with zero attached hydrogens (tertiary/aromatic N) is 1. The highest BCUT2D eigenvalue weighted by Gasteiger charge is 2.25. The molecule has 0 radical (unpaired) electrons. The fourth-order valence-electron chi connectivity index (χ4n) is 8.07. The molecule has 2 atom stereocenters.